The lowest BCUT2D eigenvalue weighted by atomic mass is 9.76. The largest absolute Gasteiger partial charge is 0.385 e. The van der Waals surface area contributed by atoms with Gasteiger partial charge in [0.05, 0.1) is 0 Å². The molecular formula is C18H18N4OS. The Bertz CT molecular complexity index is 927. The predicted molar refractivity (Wildman–Crippen MR) is 96.4 cm³/mol. The van der Waals surface area contributed by atoms with Gasteiger partial charge in [-0.1, -0.05) is 29.8 Å². The second kappa shape index (κ2) is 5.56. The van der Waals surface area contributed by atoms with Gasteiger partial charge in [-0.2, -0.15) is 0 Å². The van der Waals surface area contributed by atoms with Crippen molar-refractivity contribution in [2.75, 3.05) is 11.1 Å². The summed E-state index contributed by atoms with van der Waals surface area (Å²) in [6.45, 7) is 2.05. The van der Waals surface area contributed by atoms with Crippen molar-refractivity contribution in [1.29, 1.82) is 0 Å². The highest BCUT2D eigenvalue weighted by atomic mass is 32.1. The highest BCUT2D eigenvalue weighted by molar-refractivity contribution is 7.71. The zero-order chi connectivity index (χ0) is 16.8. The number of rotatable bonds is 1. The molecule has 0 spiro atoms. The van der Waals surface area contributed by atoms with Crippen molar-refractivity contribution in [3.63, 3.8) is 0 Å². The molecule has 2 aliphatic rings. The average molecular weight is 338 g/mol. The molecule has 0 radical (unpaired) electrons. The van der Waals surface area contributed by atoms with Gasteiger partial charge < -0.3 is 16.0 Å². The first-order chi connectivity index (χ1) is 11.5. The van der Waals surface area contributed by atoms with Crippen LogP contribution in [0.3, 0.4) is 0 Å². The van der Waals surface area contributed by atoms with Gasteiger partial charge in [-0.15, -0.1) is 0 Å². The van der Waals surface area contributed by atoms with E-state index in [0.29, 0.717) is 22.8 Å². The molecule has 5 nitrogen and oxygen atoms in total. The lowest BCUT2D eigenvalue weighted by molar-refractivity contribution is -0.116. The third-order valence-electron chi connectivity index (χ3n) is 4.71. The highest BCUT2D eigenvalue weighted by Gasteiger charge is 2.37. The van der Waals surface area contributed by atoms with Crippen LogP contribution < -0.4 is 11.1 Å². The maximum absolute atomic E-state index is 12.7. The number of aromatic nitrogens is 2. The number of aromatic amines is 1. The Morgan fingerprint density at radius 2 is 2.00 bits per heavy atom. The van der Waals surface area contributed by atoms with Crippen LogP contribution in [0.5, 0.6) is 0 Å². The molecule has 2 heterocycles. The van der Waals surface area contributed by atoms with Gasteiger partial charge in [0.1, 0.15) is 11.6 Å². The summed E-state index contributed by atoms with van der Waals surface area (Å²) in [7, 11) is 0. The van der Waals surface area contributed by atoms with Crippen LogP contribution in [-0.4, -0.2) is 15.8 Å². The molecule has 0 saturated carbocycles. The van der Waals surface area contributed by atoms with E-state index in [1.165, 1.54) is 5.56 Å². The molecule has 4 rings (SSSR count). The number of H-pyrrole nitrogens is 1. The first-order valence-electron chi connectivity index (χ1n) is 8.04. The molecule has 1 aliphatic carbocycles. The van der Waals surface area contributed by atoms with Gasteiger partial charge in [0.2, 0.25) is 0 Å². The fourth-order valence-corrected chi connectivity index (χ4v) is 3.80. The number of nitrogens with two attached hydrogens (primary N) is 1. The lowest BCUT2D eigenvalue weighted by Crippen LogP contribution is -2.28. The van der Waals surface area contributed by atoms with Gasteiger partial charge >= 0.3 is 0 Å². The number of allylic oxidation sites excluding steroid dienone is 2. The molecular weight excluding hydrogens is 320 g/mol. The van der Waals surface area contributed by atoms with E-state index >= 15 is 0 Å². The van der Waals surface area contributed by atoms with Crippen LogP contribution in [0.1, 0.15) is 41.9 Å². The molecule has 0 saturated heterocycles. The number of ketones is 1. The molecule has 1 aromatic carbocycles. The predicted octanol–water partition coefficient (Wildman–Crippen LogP) is 3.59. The number of anilines is 2. The number of hydrogen-bond acceptors (Lipinski definition) is 5. The zero-order valence-electron chi connectivity index (χ0n) is 13.3. The lowest BCUT2D eigenvalue weighted by Gasteiger charge is -2.33. The second-order valence-electron chi connectivity index (χ2n) is 6.36. The molecule has 1 aliphatic heterocycles. The summed E-state index contributed by atoms with van der Waals surface area (Å²) in [4.78, 5) is 20.0. The van der Waals surface area contributed by atoms with Crippen LogP contribution in [0.25, 0.3) is 0 Å². The molecule has 1 aromatic heterocycles. The Labute approximate surface area is 145 Å². The smallest absolute Gasteiger partial charge is 0.200 e. The van der Waals surface area contributed by atoms with Gasteiger partial charge in [-0.3, -0.25) is 4.79 Å². The number of benzene rings is 1. The summed E-state index contributed by atoms with van der Waals surface area (Å²) >= 11 is 5.16. The number of hydrogen-bond donors (Lipinski definition) is 3. The maximum Gasteiger partial charge on any atom is 0.200 e. The number of nitrogens with zero attached hydrogens (tertiary/aromatic N) is 1. The molecule has 2 aromatic rings. The van der Waals surface area contributed by atoms with Crippen LogP contribution in [0, 0.1) is 11.7 Å². The summed E-state index contributed by atoms with van der Waals surface area (Å²) in [5.41, 5.74) is 11.0. The third-order valence-corrected chi connectivity index (χ3v) is 4.91. The number of nitrogen functional groups attached to an aromatic ring is 1. The number of carbonyl (C=O) groups is 1. The van der Waals surface area contributed by atoms with E-state index in [-0.39, 0.29) is 11.7 Å². The number of carbonyl (C=O) groups excluding carboxylic acids is 1. The summed E-state index contributed by atoms with van der Waals surface area (Å²) in [6, 6.07) is 8.23. The number of fused-ring (bicyclic) bond motifs is 1. The van der Waals surface area contributed by atoms with Gasteiger partial charge in [0, 0.05) is 29.2 Å². The molecule has 6 heteroatoms. The molecule has 122 valence electrons. The molecule has 0 fully saturated rings. The summed E-state index contributed by atoms with van der Waals surface area (Å²) in [6.07, 6.45) is 2.28. The number of aryl methyl sites for hydroxylation is 1. The number of nitrogens with one attached hydrogen (secondary N) is 2. The summed E-state index contributed by atoms with van der Waals surface area (Å²) in [5.74, 6) is 1.11. The van der Waals surface area contributed by atoms with Gasteiger partial charge in [-0.05, 0) is 37.5 Å². The van der Waals surface area contributed by atoms with E-state index in [1.807, 2.05) is 6.92 Å². The first-order valence-corrected chi connectivity index (χ1v) is 8.45. The van der Waals surface area contributed by atoms with E-state index < -0.39 is 0 Å². The number of Topliss-reactive ketones (excluding diaryl/α,β-unsaturated/α-hetero) is 1. The van der Waals surface area contributed by atoms with E-state index in [2.05, 4.69) is 39.6 Å². The molecule has 0 amide bonds. The van der Waals surface area contributed by atoms with Crippen molar-refractivity contribution >= 4 is 29.6 Å². The molecule has 4 N–H and O–H groups in total. The fraction of sp³-hybridized carbons (Fsp3) is 0.278. The van der Waals surface area contributed by atoms with Gasteiger partial charge in [0.25, 0.3) is 0 Å². The summed E-state index contributed by atoms with van der Waals surface area (Å²) < 4.78 is 0.340. The topological polar surface area (TPSA) is 83.8 Å². The van der Waals surface area contributed by atoms with Crippen molar-refractivity contribution in [1.82, 2.24) is 9.97 Å². The third kappa shape index (κ3) is 2.34. The van der Waals surface area contributed by atoms with Crippen LogP contribution in [0.4, 0.5) is 11.6 Å². The Morgan fingerprint density at radius 1 is 1.25 bits per heavy atom. The van der Waals surface area contributed by atoms with Crippen LogP contribution in [-0.2, 0) is 4.79 Å². The quantitative estimate of drug-likeness (QED) is 0.692. The normalized spacial score (nSPS) is 19.5. The molecule has 1 unspecified atom stereocenters. The standard InChI is InChI=1S/C18H18N4OS/c1-9-5-7-10(8-6-9)13-14-11(3-2-4-12(14)23)20-17-15(13)16(19)21-18(24)22-17/h5-8,13H,2-4H2,1H3,(H4,19,20,21,22,24). The Hall–Kier alpha value is -2.47. The van der Waals surface area contributed by atoms with Crippen LogP contribution >= 0.6 is 12.2 Å². The van der Waals surface area contributed by atoms with Crippen molar-refractivity contribution in [3.8, 4) is 0 Å². The highest BCUT2D eigenvalue weighted by Crippen LogP contribution is 2.46. The van der Waals surface area contributed by atoms with Gasteiger partial charge in [0.15, 0.2) is 10.6 Å². The SMILES string of the molecule is Cc1ccc(C2C3=C(CCCC3=O)Nc3nc(=S)[nH]c(N)c32)cc1. The Balaban J connectivity index is 1.99. The molecule has 1 atom stereocenters. The van der Waals surface area contributed by atoms with Crippen LogP contribution in [0.15, 0.2) is 35.5 Å². The zero-order valence-corrected chi connectivity index (χ0v) is 14.2. The van der Waals surface area contributed by atoms with Gasteiger partial charge in [-0.25, -0.2) is 4.98 Å². The Morgan fingerprint density at radius 3 is 2.75 bits per heavy atom. The maximum atomic E-state index is 12.7. The minimum Gasteiger partial charge on any atom is -0.385 e. The second-order valence-corrected chi connectivity index (χ2v) is 6.74. The minimum atomic E-state index is -0.205. The van der Waals surface area contributed by atoms with E-state index in [1.54, 1.807) is 0 Å². The molecule has 24 heavy (non-hydrogen) atoms. The fourth-order valence-electron chi connectivity index (χ4n) is 3.60. The van der Waals surface area contributed by atoms with E-state index in [4.69, 9.17) is 18.0 Å². The van der Waals surface area contributed by atoms with Crippen LogP contribution in [0.2, 0.25) is 0 Å². The van der Waals surface area contributed by atoms with Crippen molar-refractivity contribution in [2.24, 2.45) is 0 Å². The molecule has 0 bridgehead atoms. The van der Waals surface area contributed by atoms with Crippen molar-refractivity contribution < 1.29 is 4.79 Å². The van der Waals surface area contributed by atoms with E-state index in [0.717, 1.165) is 35.2 Å². The minimum absolute atomic E-state index is 0.182. The Kier molecular flexibility index (Phi) is 3.49. The van der Waals surface area contributed by atoms with E-state index in [9.17, 15) is 4.79 Å². The first kappa shape index (κ1) is 15.1. The van der Waals surface area contributed by atoms with Crippen molar-refractivity contribution in [3.05, 3.63) is 57.0 Å². The van der Waals surface area contributed by atoms with Crippen molar-refractivity contribution in [2.45, 2.75) is 32.1 Å². The average Bonchev–Trinajstić information content (AvgIpc) is 2.54. The monoisotopic (exact) mass is 338 g/mol. The summed E-state index contributed by atoms with van der Waals surface area (Å²) in [5, 5.41) is 3.30.